The molecule has 0 fully saturated rings. The van der Waals surface area contributed by atoms with Crippen LogP contribution in [0.3, 0.4) is 0 Å². The third-order valence-corrected chi connectivity index (χ3v) is 5.13. The lowest BCUT2D eigenvalue weighted by atomic mass is 10.1. The predicted octanol–water partition coefficient (Wildman–Crippen LogP) is 5.29. The second-order valence-electron chi connectivity index (χ2n) is 7.17. The third kappa shape index (κ3) is 4.68. The molecule has 3 heteroatoms. The van der Waals surface area contributed by atoms with Gasteiger partial charge in [0.25, 0.3) is 5.91 Å². The van der Waals surface area contributed by atoms with Crippen molar-refractivity contribution in [2.24, 2.45) is 0 Å². The first-order valence-electron chi connectivity index (χ1n) is 9.64. The van der Waals surface area contributed by atoms with Crippen LogP contribution in [0.25, 0.3) is 0 Å². The zero-order valence-electron chi connectivity index (χ0n) is 16.4. The number of aromatic nitrogens is 1. The molecule has 0 N–H and O–H groups in total. The third-order valence-electron chi connectivity index (χ3n) is 5.13. The van der Waals surface area contributed by atoms with Crippen LogP contribution in [-0.4, -0.2) is 21.4 Å². The standard InChI is InChI=1S/C24H28N2O/c1-4-20(3)26(24(27)22-14-12-19(2)13-15-22)18-23-11-8-16-25(23)17-21-9-6-5-7-10-21/h5-16,20H,4,17-18H2,1-3H3. The van der Waals surface area contributed by atoms with Gasteiger partial charge in [0.1, 0.15) is 0 Å². The summed E-state index contributed by atoms with van der Waals surface area (Å²) in [4.78, 5) is 15.2. The van der Waals surface area contributed by atoms with E-state index in [1.165, 1.54) is 11.1 Å². The van der Waals surface area contributed by atoms with Gasteiger partial charge >= 0.3 is 0 Å². The lowest BCUT2D eigenvalue weighted by Crippen LogP contribution is -2.38. The van der Waals surface area contributed by atoms with Gasteiger partial charge in [-0.2, -0.15) is 0 Å². The molecule has 2 aromatic carbocycles. The van der Waals surface area contributed by atoms with Gasteiger partial charge in [-0.25, -0.2) is 0 Å². The highest BCUT2D eigenvalue weighted by Crippen LogP contribution is 2.17. The molecule has 0 aliphatic heterocycles. The topological polar surface area (TPSA) is 25.2 Å². The van der Waals surface area contributed by atoms with E-state index in [1.807, 2.05) is 42.2 Å². The fourth-order valence-corrected chi connectivity index (χ4v) is 3.21. The van der Waals surface area contributed by atoms with Gasteiger partial charge in [0.15, 0.2) is 0 Å². The summed E-state index contributed by atoms with van der Waals surface area (Å²) in [6, 6.07) is 22.6. The molecule has 0 aliphatic rings. The monoisotopic (exact) mass is 360 g/mol. The fraction of sp³-hybridized carbons (Fsp3) is 0.292. The minimum Gasteiger partial charge on any atom is -0.345 e. The maximum atomic E-state index is 13.2. The van der Waals surface area contributed by atoms with Gasteiger partial charge in [0.05, 0.1) is 6.54 Å². The number of carbonyl (C=O) groups is 1. The average Bonchev–Trinajstić information content (AvgIpc) is 3.13. The lowest BCUT2D eigenvalue weighted by molar-refractivity contribution is 0.0667. The molecule has 1 atom stereocenters. The minimum absolute atomic E-state index is 0.0943. The van der Waals surface area contributed by atoms with Gasteiger partial charge in [-0.3, -0.25) is 4.79 Å². The maximum Gasteiger partial charge on any atom is 0.254 e. The zero-order chi connectivity index (χ0) is 19.2. The van der Waals surface area contributed by atoms with Crippen molar-refractivity contribution in [2.75, 3.05) is 0 Å². The number of amides is 1. The molecule has 1 heterocycles. The fourth-order valence-electron chi connectivity index (χ4n) is 3.21. The summed E-state index contributed by atoms with van der Waals surface area (Å²) in [7, 11) is 0. The van der Waals surface area contributed by atoms with E-state index < -0.39 is 0 Å². The molecule has 3 rings (SSSR count). The van der Waals surface area contributed by atoms with Crippen molar-refractivity contribution in [3.63, 3.8) is 0 Å². The number of benzene rings is 2. The van der Waals surface area contributed by atoms with Crippen molar-refractivity contribution < 1.29 is 4.79 Å². The summed E-state index contributed by atoms with van der Waals surface area (Å²) in [5, 5.41) is 0. The molecule has 0 radical (unpaired) electrons. The van der Waals surface area contributed by atoms with Gasteiger partial charge in [0.2, 0.25) is 0 Å². The van der Waals surface area contributed by atoms with E-state index in [4.69, 9.17) is 0 Å². The van der Waals surface area contributed by atoms with E-state index in [1.54, 1.807) is 0 Å². The van der Waals surface area contributed by atoms with Gasteiger partial charge in [-0.1, -0.05) is 55.0 Å². The van der Waals surface area contributed by atoms with E-state index in [0.29, 0.717) is 6.54 Å². The summed E-state index contributed by atoms with van der Waals surface area (Å²) in [6.45, 7) is 7.72. The molecule has 3 aromatic rings. The van der Waals surface area contributed by atoms with Crippen LogP contribution in [0.2, 0.25) is 0 Å². The number of aryl methyl sites for hydroxylation is 1. The van der Waals surface area contributed by atoms with E-state index in [0.717, 1.165) is 24.2 Å². The molecule has 1 amide bonds. The van der Waals surface area contributed by atoms with E-state index >= 15 is 0 Å². The second-order valence-corrected chi connectivity index (χ2v) is 7.17. The summed E-state index contributed by atoms with van der Waals surface area (Å²) >= 11 is 0. The van der Waals surface area contributed by atoms with E-state index in [-0.39, 0.29) is 11.9 Å². The normalized spacial score (nSPS) is 12.0. The van der Waals surface area contributed by atoms with Crippen LogP contribution in [0.5, 0.6) is 0 Å². The highest BCUT2D eigenvalue weighted by atomic mass is 16.2. The summed E-state index contributed by atoms with van der Waals surface area (Å²) in [5.41, 5.74) is 4.33. The van der Waals surface area contributed by atoms with Gasteiger partial charge in [-0.15, -0.1) is 0 Å². The van der Waals surface area contributed by atoms with Crippen molar-refractivity contribution in [1.82, 2.24) is 9.47 Å². The first-order chi connectivity index (χ1) is 13.1. The Hall–Kier alpha value is -2.81. The number of carbonyl (C=O) groups excluding carboxylic acids is 1. The Balaban J connectivity index is 1.82. The van der Waals surface area contributed by atoms with Crippen molar-refractivity contribution in [3.05, 3.63) is 95.3 Å². The van der Waals surface area contributed by atoms with Crippen LogP contribution >= 0.6 is 0 Å². The molecule has 1 unspecified atom stereocenters. The average molecular weight is 361 g/mol. The smallest absolute Gasteiger partial charge is 0.254 e. The Morgan fingerprint density at radius 2 is 1.70 bits per heavy atom. The number of nitrogens with zero attached hydrogens (tertiary/aromatic N) is 2. The van der Waals surface area contributed by atoms with Crippen LogP contribution in [-0.2, 0) is 13.1 Å². The lowest BCUT2D eigenvalue weighted by Gasteiger charge is -2.29. The predicted molar refractivity (Wildman–Crippen MR) is 111 cm³/mol. The highest BCUT2D eigenvalue weighted by molar-refractivity contribution is 5.94. The molecule has 1 aromatic heterocycles. The molecule has 0 saturated heterocycles. The van der Waals surface area contributed by atoms with E-state index in [2.05, 4.69) is 61.0 Å². The van der Waals surface area contributed by atoms with Crippen molar-refractivity contribution in [3.8, 4) is 0 Å². The van der Waals surface area contributed by atoms with Crippen molar-refractivity contribution >= 4 is 5.91 Å². The summed E-state index contributed by atoms with van der Waals surface area (Å²) < 4.78 is 2.23. The Kier molecular flexibility index (Phi) is 6.12. The van der Waals surface area contributed by atoms with Crippen LogP contribution in [0.15, 0.2) is 72.9 Å². The molecule has 3 nitrogen and oxygen atoms in total. The zero-order valence-corrected chi connectivity index (χ0v) is 16.4. The Morgan fingerprint density at radius 1 is 1.00 bits per heavy atom. The SMILES string of the molecule is CCC(C)N(Cc1cccn1Cc1ccccc1)C(=O)c1ccc(C)cc1. The molecule has 27 heavy (non-hydrogen) atoms. The second kappa shape index (κ2) is 8.72. The number of hydrogen-bond donors (Lipinski definition) is 0. The highest BCUT2D eigenvalue weighted by Gasteiger charge is 2.22. The van der Waals surface area contributed by atoms with Crippen LogP contribution in [0.1, 0.15) is 47.4 Å². The molecule has 0 spiro atoms. The van der Waals surface area contributed by atoms with Crippen molar-refractivity contribution in [1.29, 1.82) is 0 Å². The summed E-state index contributed by atoms with van der Waals surface area (Å²) in [5.74, 6) is 0.0943. The van der Waals surface area contributed by atoms with Crippen LogP contribution < -0.4 is 0 Å². The summed E-state index contributed by atoms with van der Waals surface area (Å²) in [6.07, 6.45) is 3.02. The Labute approximate surface area is 162 Å². The first kappa shape index (κ1) is 19.0. The Bertz CT molecular complexity index is 865. The van der Waals surface area contributed by atoms with Gasteiger partial charge in [-0.05, 0) is 50.1 Å². The molecule has 140 valence electrons. The Morgan fingerprint density at radius 3 is 2.37 bits per heavy atom. The quantitative estimate of drug-likeness (QED) is 0.562. The minimum atomic E-state index is 0.0943. The van der Waals surface area contributed by atoms with Crippen LogP contribution in [0, 0.1) is 6.92 Å². The molecule has 0 aliphatic carbocycles. The number of hydrogen-bond acceptors (Lipinski definition) is 1. The largest absolute Gasteiger partial charge is 0.345 e. The first-order valence-corrected chi connectivity index (χ1v) is 9.64. The van der Waals surface area contributed by atoms with Crippen molar-refractivity contribution in [2.45, 2.75) is 46.3 Å². The molecule has 0 bridgehead atoms. The van der Waals surface area contributed by atoms with Crippen LogP contribution in [0.4, 0.5) is 0 Å². The molecular weight excluding hydrogens is 332 g/mol. The molecule has 0 saturated carbocycles. The molecular formula is C24H28N2O. The maximum absolute atomic E-state index is 13.2. The van der Waals surface area contributed by atoms with E-state index in [9.17, 15) is 4.79 Å². The number of rotatable bonds is 7. The van der Waals surface area contributed by atoms with Gasteiger partial charge in [0, 0.05) is 30.0 Å². The van der Waals surface area contributed by atoms with Gasteiger partial charge < -0.3 is 9.47 Å².